The molecule has 9 nitrogen and oxygen atoms in total. The topological polar surface area (TPSA) is 111 Å². The summed E-state index contributed by atoms with van der Waals surface area (Å²) < 4.78 is 30.6. The second-order valence-corrected chi connectivity index (χ2v) is 24.0. The SMILES string of the molecule is CC/C=C\C/C=C\C/C=C\C/C=C\C/C=C\C/C=C\CCCCCCCCCCC(=O)NC(COP(=O)(O)OCC[N+](C)(C)C)C(/C=C\CCCCCCCCCCCCC)OC(=O)CC/C=C/C/C=C\CCCCCCCC. The van der Waals surface area contributed by atoms with Crippen molar-refractivity contribution in [3.63, 3.8) is 0 Å². The molecule has 0 saturated heterocycles. The van der Waals surface area contributed by atoms with Crippen molar-refractivity contribution in [3.05, 3.63) is 109 Å². The lowest BCUT2D eigenvalue weighted by Gasteiger charge is -2.27. The first-order valence-electron chi connectivity index (χ1n) is 32.2. The number of amides is 1. The van der Waals surface area contributed by atoms with Gasteiger partial charge in [0.15, 0.2) is 0 Å². The fraction of sp³-hybridized carbons (Fsp3) is 0.710. The van der Waals surface area contributed by atoms with Crippen molar-refractivity contribution >= 4 is 19.7 Å². The van der Waals surface area contributed by atoms with Crippen molar-refractivity contribution in [2.75, 3.05) is 40.9 Å². The number of phosphoric acid groups is 1. The van der Waals surface area contributed by atoms with E-state index in [9.17, 15) is 19.0 Å². The Labute approximate surface area is 487 Å². The Balaban J connectivity index is 5.19. The van der Waals surface area contributed by atoms with Gasteiger partial charge in [-0.3, -0.25) is 18.6 Å². The Morgan fingerprint density at radius 1 is 0.456 bits per heavy atom. The lowest BCUT2D eigenvalue weighted by Crippen LogP contribution is -2.47. The highest BCUT2D eigenvalue weighted by molar-refractivity contribution is 7.47. The third-order valence-electron chi connectivity index (χ3n) is 13.7. The zero-order valence-corrected chi connectivity index (χ0v) is 52.7. The molecule has 10 heteroatoms. The van der Waals surface area contributed by atoms with Crippen LogP contribution in [0.2, 0.25) is 0 Å². The second-order valence-electron chi connectivity index (χ2n) is 22.5. The zero-order chi connectivity index (χ0) is 57.9. The van der Waals surface area contributed by atoms with Crippen LogP contribution in [0.5, 0.6) is 0 Å². The molecule has 0 bridgehead atoms. The van der Waals surface area contributed by atoms with Gasteiger partial charge in [0.25, 0.3) is 0 Å². The number of unbranched alkanes of at least 4 members (excludes halogenated alkanes) is 25. The lowest BCUT2D eigenvalue weighted by atomic mass is 10.0. The Bertz CT molecular complexity index is 1720. The first-order chi connectivity index (χ1) is 38.4. The van der Waals surface area contributed by atoms with Gasteiger partial charge in [0, 0.05) is 12.8 Å². The van der Waals surface area contributed by atoms with Crippen molar-refractivity contribution in [2.24, 2.45) is 0 Å². The predicted molar refractivity (Wildman–Crippen MR) is 341 cm³/mol. The summed E-state index contributed by atoms with van der Waals surface area (Å²) in [6.07, 6.45) is 79.6. The zero-order valence-electron chi connectivity index (χ0n) is 51.8. The normalized spacial score (nSPS) is 14.4. The fourth-order valence-electron chi connectivity index (χ4n) is 8.76. The number of hydrogen-bond donors (Lipinski definition) is 2. The number of carbonyl (C=O) groups excluding carboxylic acids is 2. The highest BCUT2D eigenvalue weighted by Gasteiger charge is 2.30. The molecule has 0 aliphatic heterocycles. The Kier molecular flexibility index (Phi) is 55.4. The average Bonchev–Trinajstić information content (AvgIpc) is 3.41. The van der Waals surface area contributed by atoms with Crippen LogP contribution in [0, 0.1) is 0 Å². The van der Waals surface area contributed by atoms with Gasteiger partial charge in [-0.05, 0) is 102 Å². The molecule has 0 aromatic heterocycles. The summed E-state index contributed by atoms with van der Waals surface area (Å²) in [6, 6.07) is -0.882. The molecule has 454 valence electrons. The minimum Gasteiger partial charge on any atom is -0.456 e. The van der Waals surface area contributed by atoms with E-state index < -0.39 is 25.9 Å². The summed E-state index contributed by atoms with van der Waals surface area (Å²) in [5.74, 6) is -0.596. The summed E-state index contributed by atoms with van der Waals surface area (Å²) in [6.45, 7) is 6.84. The highest BCUT2D eigenvalue weighted by atomic mass is 31.2. The highest BCUT2D eigenvalue weighted by Crippen LogP contribution is 2.43. The smallest absolute Gasteiger partial charge is 0.456 e. The van der Waals surface area contributed by atoms with Crippen LogP contribution in [0.15, 0.2) is 109 Å². The van der Waals surface area contributed by atoms with Gasteiger partial charge in [0.1, 0.15) is 19.3 Å². The van der Waals surface area contributed by atoms with Gasteiger partial charge in [-0.1, -0.05) is 259 Å². The van der Waals surface area contributed by atoms with Gasteiger partial charge >= 0.3 is 13.8 Å². The summed E-state index contributed by atoms with van der Waals surface area (Å²) in [4.78, 5) is 37.7. The van der Waals surface area contributed by atoms with E-state index in [1.807, 2.05) is 39.4 Å². The maximum Gasteiger partial charge on any atom is 0.472 e. The number of nitrogens with one attached hydrogen (secondary N) is 1. The third-order valence-corrected chi connectivity index (χ3v) is 14.7. The third kappa shape index (κ3) is 59.1. The van der Waals surface area contributed by atoms with Crippen LogP contribution < -0.4 is 5.32 Å². The molecule has 0 radical (unpaired) electrons. The fourth-order valence-corrected chi connectivity index (χ4v) is 9.50. The molecule has 0 rings (SSSR count). The molecular formula is C69H122N2O7P+. The van der Waals surface area contributed by atoms with E-state index in [0.29, 0.717) is 23.9 Å². The predicted octanol–water partition coefficient (Wildman–Crippen LogP) is 20.1. The van der Waals surface area contributed by atoms with Gasteiger partial charge in [-0.25, -0.2) is 4.57 Å². The standard InChI is InChI=1S/C69H121N2O7P/c1-7-10-13-16-19-22-25-28-29-30-31-32-33-34-35-36-37-38-39-40-41-44-46-49-52-55-58-61-68(72)70-66(65-77-79(74,75)76-64-63-71(4,5)6)67(60-57-54-51-48-45-42-26-23-20-17-14-11-8-2)78-69(73)62-59-56-53-50-47-43-27-24-21-18-15-12-9-3/h10,13,19,22,28-29,31-32,34-35,37-38,43,47,53,56-57,60,66-67H,7-9,11-12,14-18,20-21,23-27,30,33,36,39-42,44-46,48-52,54-55,58-59,61-65H2,1-6H3,(H-,70,72,74,75)/p+1/b13-10-,22-19-,29-28-,32-31-,35-34-,38-37-,47-43-,56-53+,60-57-. The van der Waals surface area contributed by atoms with Crippen molar-refractivity contribution in [2.45, 2.75) is 277 Å². The van der Waals surface area contributed by atoms with Gasteiger partial charge in [-0.15, -0.1) is 0 Å². The lowest BCUT2D eigenvalue weighted by molar-refractivity contribution is -0.870. The first kappa shape index (κ1) is 75.7. The number of esters is 1. The molecule has 0 spiro atoms. The minimum atomic E-state index is -4.47. The van der Waals surface area contributed by atoms with Crippen LogP contribution in [0.1, 0.15) is 265 Å². The first-order valence-corrected chi connectivity index (χ1v) is 33.7. The summed E-state index contributed by atoms with van der Waals surface area (Å²) >= 11 is 0. The van der Waals surface area contributed by atoms with Crippen LogP contribution in [0.25, 0.3) is 0 Å². The van der Waals surface area contributed by atoms with Gasteiger partial charge in [0.05, 0.1) is 33.8 Å². The molecule has 0 aliphatic carbocycles. The van der Waals surface area contributed by atoms with E-state index in [-0.39, 0.29) is 25.5 Å². The largest absolute Gasteiger partial charge is 0.472 e. The maximum atomic E-state index is 13.6. The van der Waals surface area contributed by atoms with Crippen LogP contribution in [0.4, 0.5) is 0 Å². The summed E-state index contributed by atoms with van der Waals surface area (Å²) in [5, 5.41) is 3.04. The molecule has 0 aliphatic rings. The van der Waals surface area contributed by atoms with Gasteiger partial charge in [0.2, 0.25) is 5.91 Å². The molecule has 1 amide bonds. The van der Waals surface area contributed by atoms with Gasteiger partial charge in [-0.2, -0.15) is 0 Å². The van der Waals surface area contributed by atoms with E-state index in [1.165, 1.54) is 122 Å². The molecule has 3 unspecified atom stereocenters. The Hall–Kier alpha value is -3.33. The molecule has 0 fully saturated rings. The number of ether oxygens (including phenoxy) is 1. The van der Waals surface area contributed by atoms with E-state index in [2.05, 4.69) is 117 Å². The number of carbonyl (C=O) groups is 2. The van der Waals surface area contributed by atoms with Gasteiger partial charge < -0.3 is 19.4 Å². The molecule has 0 heterocycles. The average molecular weight is 1120 g/mol. The summed E-state index contributed by atoms with van der Waals surface area (Å²) in [7, 11) is 1.45. The Morgan fingerprint density at radius 2 is 0.823 bits per heavy atom. The monoisotopic (exact) mass is 1120 g/mol. The minimum absolute atomic E-state index is 0.0261. The van der Waals surface area contributed by atoms with E-state index in [4.69, 9.17) is 13.8 Å². The number of hydrogen-bond acceptors (Lipinski definition) is 6. The van der Waals surface area contributed by atoms with Crippen molar-refractivity contribution in [1.82, 2.24) is 5.32 Å². The number of rotatable bonds is 57. The van der Waals surface area contributed by atoms with Crippen LogP contribution in [0.3, 0.4) is 0 Å². The van der Waals surface area contributed by atoms with Crippen molar-refractivity contribution < 1.29 is 37.3 Å². The van der Waals surface area contributed by atoms with Crippen LogP contribution in [-0.2, 0) is 27.9 Å². The van der Waals surface area contributed by atoms with E-state index >= 15 is 0 Å². The molecule has 3 atom stereocenters. The van der Waals surface area contributed by atoms with E-state index in [1.54, 1.807) is 0 Å². The number of phosphoric ester groups is 1. The molecule has 0 aromatic rings. The van der Waals surface area contributed by atoms with E-state index in [0.717, 1.165) is 103 Å². The number of allylic oxidation sites excluding steroid dienone is 17. The molecule has 0 aromatic carbocycles. The Morgan fingerprint density at radius 3 is 1.24 bits per heavy atom. The number of likely N-dealkylation sites (N-methyl/N-ethyl adjacent to an activating group) is 1. The molecule has 79 heavy (non-hydrogen) atoms. The van der Waals surface area contributed by atoms with Crippen molar-refractivity contribution in [1.29, 1.82) is 0 Å². The molecule has 0 saturated carbocycles. The quantitative estimate of drug-likeness (QED) is 0.0205. The van der Waals surface area contributed by atoms with Crippen molar-refractivity contribution in [3.8, 4) is 0 Å². The molecular weight excluding hydrogens is 1000 g/mol. The number of nitrogens with zero attached hydrogens (tertiary/aromatic N) is 1. The van der Waals surface area contributed by atoms with Crippen LogP contribution in [-0.4, -0.2) is 74.3 Å². The second kappa shape index (κ2) is 57.9. The summed E-state index contributed by atoms with van der Waals surface area (Å²) in [5.41, 5.74) is 0. The number of quaternary nitrogens is 1. The van der Waals surface area contributed by atoms with Crippen LogP contribution >= 0.6 is 7.82 Å². The maximum absolute atomic E-state index is 13.6. The molecule has 2 N–H and O–H groups in total.